The van der Waals surface area contributed by atoms with Crippen LogP contribution in [-0.4, -0.2) is 42.1 Å². The molecule has 1 aromatic heterocycles. The predicted octanol–water partition coefficient (Wildman–Crippen LogP) is 4.89. The van der Waals surface area contributed by atoms with E-state index in [0.29, 0.717) is 29.4 Å². The number of rotatable bonds is 6. The summed E-state index contributed by atoms with van der Waals surface area (Å²) in [7, 11) is 1.58. The normalized spacial score (nSPS) is 18.0. The third kappa shape index (κ3) is 3.53. The summed E-state index contributed by atoms with van der Waals surface area (Å²) in [5.41, 5.74) is 3.48. The number of amides is 1. The lowest BCUT2D eigenvalue weighted by Crippen LogP contribution is -2.32. The number of halogens is 1. The lowest BCUT2D eigenvalue weighted by Gasteiger charge is -2.19. The van der Waals surface area contributed by atoms with Crippen LogP contribution in [0.5, 0.6) is 11.5 Å². The van der Waals surface area contributed by atoms with Crippen molar-refractivity contribution in [2.75, 3.05) is 19.0 Å². The maximum Gasteiger partial charge on any atom is 0.260 e. The van der Waals surface area contributed by atoms with Crippen LogP contribution in [0.2, 0.25) is 0 Å². The molecule has 1 atom stereocenters. The third-order valence-corrected chi connectivity index (χ3v) is 5.89. The lowest BCUT2D eigenvalue weighted by molar-refractivity contribution is 0.0817. The molecule has 2 aliphatic rings. The number of methoxy groups -OCH3 is 1. The van der Waals surface area contributed by atoms with Crippen LogP contribution in [0.4, 0.5) is 5.69 Å². The van der Waals surface area contributed by atoms with Gasteiger partial charge >= 0.3 is 0 Å². The Labute approximate surface area is 170 Å². The van der Waals surface area contributed by atoms with Crippen LogP contribution in [0.15, 0.2) is 40.2 Å². The standard InChI is InChI=1S/C20H19BrN2O3S/c1-25-18-8-16-17(9-19(18)26-5-2-4-21)22-10-15-7-14(11-23(15)20(16)24)13-3-6-27-12-13/h3,6,8-12,15H,2,4-5,7H2,1H3. The molecule has 7 heteroatoms. The van der Waals surface area contributed by atoms with Gasteiger partial charge in [0.05, 0.1) is 31.0 Å². The number of ether oxygens (including phenoxy) is 2. The second-order valence-electron chi connectivity index (χ2n) is 6.34. The van der Waals surface area contributed by atoms with Gasteiger partial charge in [0.25, 0.3) is 5.91 Å². The maximum atomic E-state index is 13.2. The molecule has 4 rings (SSSR count). The van der Waals surface area contributed by atoms with Crippen molar-refractivity contribution >= 4 is 50.6 Å². The Morgan fingerprint density at radius 2 is 2.26 bits per heavy atom. The highest BCUT2D eigenvalue weighted by atomic mass is 79.9. The quantitative estimate of drug-likeness (QED) is 0.468. The molecule has 0 spiro atoms. The van der Waals surface area contributed by atoms with E-state index in [1.165, 1.54) is 5.56 Å². The molecule has 0 saturated carbocycles. The van der Waals surface area contributed by atoms with Crippen LogP contribution >= 0.6 is 27.3 Å². The van der Waals surface area contributed by atoms with Crippen molar-refractivity contribution in [1.82, 2.24) is 4.90 Å². The minimum absolute atomic E-state index is 0.0661. The Kier molecular flexibility index (Phi) is 5.31. The zero-order valence-electron chi connectivity index (χ0n) is 14.9. The van der Waals surface area contributed by atoms with E-state index in [1.807, 2.05) is 17.8 Å². The van der Waals surface area contributed by atoms with Crippen molar-refractivity contribution in [1.29, 1.82) is 0 Å². The number of carbonyl (C=O) groups is 1. The fourth-order valence-corrected chi connectivity index (χ4v) is 4.16. The molecule has 0 radical (unpaired) electrons. The zero-order valence-corrected chi connectivity index (χ0v) is 17.3. The third-order valence-electron chi connectivity index (χ3n) is 4.64. The Morgan fingerprint density at radius 1 is 1.37 bits per heavy atom. The smallest absolute Gasteiger partial charge is 0.260 e. The van der Waals surface area contributed by atoms with E-state index in [-0.39, 0.29) is 11.9 Å². The number of hydrogen-bond acceptors (Lipinski definition) is 5. The Hall–Kier alpha value is -2.12. The first kappa shape index (κ1) is 18.3. The van der Waals surface area contributed by atoms with Gasteiger partial charge < -0.3 is 14.4 Å². The number of hydrogen-bond donors (Lipinski definition) is 0. The number of carbonyl (C=O) groups excluding carboxylic acids is 1. The van der Waals surface area contributed by atoms with Crippen molar-refractivity contribution in [2.24, 2.45) is 4.99 Å². The maximum absolute atomic E-state index is 13.2. The molecule has 0 bridgehead atoms. The first-order valence-electron chi connectivity index (χ1n) is 8.72. The van der Waals surface area contributed by atoms with Gasteiger partial charge in [0.15, 0.2) is 11.5 Å². The summed E-state index contributed by atoms with van der Waals surface area (Å²) in [4.78, 5) is 19.5. The van der Waals surface area contributed by atoms with Crippen LogP contribution in [0, 0.1) is 0 Å². The number of thiophene rings is 1. The van der Waals surface area contributed by atoms with Crippen LogP contribution in [0.3, 0.4) is 0 Å². The van der Waals surface area contributed by atoms with E-state index in [0.717, 1.165) is 23.7 Å². The first-order valence-corrected chi connectivity index (χ1v) is 10.8. The number of nitrogens with zero attached hydrogens (tertiary/aromatic N) is 2. The van der Waals surface area contributed by atoms with E-state index in [9.17, 15) is 4.79 Å². The molecule has 2 aromatic rings. The molecule has 1 unspecified atom stereocenters. The number of benzene rings is 1. The molecule has 140 valence electrons. The van der Waals surface area contributed by atoms with Crippen molar-refractivity contribution < 1.29 is 14.3 Å². The Balaban J connectivity index is 1.67. The van der Waals surface area contributed by atoms with Crippen LogP contribution in [-0.2, 0) is 0 Å². The van der Waals surface area contributed by atoms with Gasteiger partial charge in [-0.3, -0.25) is 9.79 Å². The zero-order chi connectivity index (χ0) is 18.8. The van der Waals surface area contributed by atoms with Gasteiger partial charge in [-0.15, -0.1) is 0 Å². The molecular weight excluding hydrogens is 428 g/mol. The van der Waals surface area contributed by atoms with E-state index < -0.39 is 0 Å². The fraction of sp³-hybridized carbons (Fsp3) is 0.300. The largest absolute Gasteiger partial charge is 0.493 e. The van der Waals surface area contributed by atoms with Gasteiger partial charge in [-0.1, -0.05) is 15.9 Å². The monoisotopic (exact) mass is 446 g/mol. The van der Waals surface area contributed by atoms with Crippen molar-refractivity contribution in [3.8, 4) is 11.5 Å². The molecule has 2 aliphatic heterocycles. The van der Waals surface area contributed by atoms with Gasteiger partial charge in [0, 0.05) is 30.2 Å². The second-order valence-corrected chi connectivity index (χ2v) is 7.91. The van der Waals surface area contributed by atoms with E-state index >= 15 is 0 Å². The summed E-state index contributed by atoms with van der Waals surface area (Å²) >= 11 is 5.05. The average Bonchev–Trinajstić information content (AvgIpc) is 3.33. The van der Waals surface area contributed by atoms with E-state index in [4.69, 9.17) is 9.47 Å². The van der Waals surface area contributed by atoms with Crippen molar-refractivity contribution in [2.45, 2.75) is 18.9 Å². The topological polar surface area (TPSA) is 51.1 Å². The summed E-state index contributed by atoms with van der Waals surface area (Å²) in [6, 6.07) is 5.54. The molecule has 27 heavy (non-hydrogen) atoms. The number of fused-ring (bicyclic) bond motifs is 2. The second kappa shape index (κ2) is 7.86. The molecular formula is C20H19BrN2O3S. The molecule has 0 aliphatic carbocycles. The molecule has 3 heterocycles. The predicted molar refractivity (Wildman–Crippen MR) is 112 cm³/mol. The van der Waals surface area contributed by atoms with Crippen LogP contribution < -0.4 is 9.47 Å². The van der Waals surface area contributed by atoms with E-state index in [2.05, 4.69) is 32.4 Å². The highest BCUT2D eigenvalue weighted by molar-refractivity contribution is 9.09. The Morgan fingerprint density at radius 3 is 3.00 bits per heavy atom. The van der Waals surface area contributed by atoms with Gasteiger partial charge in [-0.2, -0.15) is 11.3 Å². The SMILES string of the molecule is COc1cc2c(cc1OCCCBr)N=CC1CC(c3ccsc3)=CN1C2=O. The van der Waals surface area contributed by atoms with Crippen LogP contribution in [0.1, 0.15) is 28.8 Å². The number of alkyl halides is 1. The summed E-state index contributed by atoms with van der Waals surface area (Å²) in [6.07, 6.45) is 5.46. The first-order chi connectivity index (χ1) is 13.2. The summed E-state index contributed by atoms with van der Waals surface area (Å²) in [5, 5.41) is 5.02. The molecule has 5 nitrogen and oxygen atoms in total. The van der Waals surface area contributed by atoms with E-state index in [1.54, 1.807) is 35.5 Å². The minimum Gasteiger partial charge on any atom is -0.493 e. The minimum atomic E-state index is -0.0666. The highest BCUT2D eigenvalue weighted by Gasteiger charge is 2.33. The molecule has 0 fully saturated rings. The molecule has 0 N–H and O–H groups in total. The molecule has 1 amide bonds. The molecule has 0 saturated heterocycles. The fourth-order valence-electron chi connectivity index (χ4n) is 3.26. The summed E-state index contributed by atoms with van der Waals surface area (Å²) in [6.45, 7) is 0.569. The Bertz CT molecular complexity index is 908. The average molecular weight is 447 g/mol. The van der Waals surface area contributed by atoms with Crippen LogP contribution in [0.25, 0.3) is 5.57 Å². The van der Waals surface area contributed by atoms with Crippen molar-refractivity contribution in [3.05, 3.63) is 46.3 Å². The lowest BCUT2D eigenvalue weighted by atomic mass is 10.1. The van der Waals surface area contributed by atoms with Gasteiger partial charge in [0.2, 0.25) is 0 Å². The van der Waals surface area contributed by atoms with Gasteiger partial charge in [-0.05, 0) is 40.5 Å². The number of aliphatic imine (C=N–C) groups is 1. The highest BCUT2D eigenvalue weighted by Crippen LogP contribution is 2.39. The van der Waals surface area contributed by atoms with Gasteiger partial charge in [0.1, 0.15) is 0 Å². The summed E-state index contributed by atoms with van der Waals surface area (Å²) in [5.74, 6) is 1.09. The summed E-state index contributed by atoms with van der Waals surface area (Å²) < 4.78 is 11.3. The van der Waals surface area contributed by atoms with Crippen molar-refractivity contribution in [3.63, 3.8) is 0 Å². The van der Waals surface area contributed by atoms with Gasteiger partial charge in [-0.25, -0.2) is 0 Å². The molecule has 1 aromatic carbocycles.